The molecule has 3 saturated carbocycles. The van der Waals surface area contributed by atoms with Crippen molar-refractivity contribution in [1.82, 2.24) is 0 Å². The number of alkyl halides is 1. The fraction of sp³-hybridized carbons (Fsp3) is 0.750. The van der Waals surface area contributed by atoms with Gasteiger partial charge in [0.15, 0.2) is 18.0 Å². The van der Waals surface area contributed by atoms with Gasteiger partial charge in [-0.25, -0.2) is 9.59 Å². The predicted octanol–water partition coefficient (Wildman–Crippen LogP) is 5.94. The van der Waals surface area contributed by atoms with E-state index in [0.717, 1.165) is 12.0 Å². The summed E-state index contributed by atoms with van der Waals surface area (Å²) in [5.41, 5.74) is -2.67. The van der Waals surface area contributed by atoms with Crippen molar-refractivity contribution in [3.05, 3.63) is 23.8 Å². The summed E-state index contributed by atoms with van der Waals surface area (Å²) in [6, 6.07) is 0. The number of ether oxygens (including phenoxy) is 4. The maximum Gasteiger partial charge on any atom is 0.509 e. The van der Waals surface area contributed by atoms with Crippen LogP contribution in [0.5, 0.6) is 0 Å². The van der Waals surface area contributed by atoms with Crippen molar-refractivity contribution in [2.24, 2.45) is 34.5 Å². The number of halogens is 1. The van der Waals surface area contributed by atoms with Crippen LogP contribution in [0.15, 0.2) is 23.8 Å². The van der Waals surface area contributed by atoms with E-state index in [1.54, 1.807) is 6.08 Å². The van der Waals surface area contributed by atoms with Crippen LogP contribution in [-0.4, -0.2) is 65.4 Å². The van der Waals surface area contributed by atoms with E-state index in [4.69, 9.17) is 30.5 Å². The Balaban J connectivity index is 1.71. The van der Waals surface area contributed by atoms with E-state index >= 15 is 0 Å². The van der Waals surface area contributed by atoms with Crippen LogP contribution in [0, 0.1) is 34.5 Å². The van der Waals surface area contributed by atoms with Crippen molar-refractivity contribution in [3.63, 3.8) is 0 Å². The Morgan fingerprint density at radius 3 is 2.50 bits per heavy atom. The largest absolute Gasteiger partial charge is 0.509 e. The van der Waals surface area contributed by atoms with E-state index in [0.29, 0.717) is 25.7 Å². The lowest BCUT2D eigenvalue weighted by Gasteiger charge is -2.64. The summed E-state index contributed by atoms with van der Waals surface area (Å²) >= 11 is 7.54. The van der Waals surface area contributed by atoms with E-state index in [-0.39, 0.29) is 43.2 Å². The number of Topliss-reactive ketones (excluding diaryl/α,β-unsaturated/α-hetero) is 1. The van der Waals surface area contributed by atoms with Gasteiger partial charge in [-0.15, -0.1) is 11.6 Å². The summed E-state index contributed by atoms with van der Waals surface area (Å²) in [5, 5.41) is 11.9. The van der Waals surface area contributed by atoms with Crippen molar-refractivity contribution in [2.45, 2.75) is 96.6 Å². The van der Waals surface area contributed by atoms with Crippen molar-refractivity contribution in [2.75, 3.05) is 19.8 Å². The molecule has 234 valence electrons. The van der Waals surface area contributed by atoms with Gasteiger partial charge in [0.2, 0.25) is 5.78 Å². The molecule has 4 aliphatic carbocycles. The molecule has 3 fully saturated rings. The van der Waals surface area contributed by atoms with Crippen molar-refractivity contribution >= 4 is 35.5 Å². The third-order valence-electron chi connectivity index (χ3n) is 10.4. The number of rotatable bonds is 9. The first-order valence-electron chi connectivity index (χ1n) is 15.2. The number of ketones is 2. The first-order valence-corrected chi connectivity index (χ1v) is 15.5. The topological polar surface area (TPSA) is 125 Å². The minimum absolute atomic E-state index is 0.0540. The molecule has 0 radical (unpaired) electrons. The van der Waals surface area contributed by atoms with Gasteiger partial charge < -0.3 is 24.1 Å². The molecule has 1 N–H and O–H groups in total. The number of hydrogen-bond donors (Lipinski definition) is 1. The third kappa shape index (κ3) is 5.08. The molecule has 1 unspecified atom stereocenters. The molecule has 0 aromatic heterocycles. The summed E-state index contributed by atoms with van der Waals surface area (Å²) in [6.45, 7) is 11.0. The van der Waals surface area contributed by atoms with Crippen molar-refractivity contribution < 1.29 is 43.2 Å². The molecule has 0 amide bonds. The average molecular weight is 609 g/mol. The molecule has 8 atom stereocenters. The van der Waals surface area contributed by atoms with Crippen molar-refractivity contribution in [1.29, 1.82) is 0 Å². The van der Waals surface area contributed by atoms with Crippen molar-refractivity contribution in [3.8, 4) is 0 Å². The summed E-state index contributed by atoms with van der Waals surface area (Å²) in [6.07, 6.45) is 5.08. The zero-order valence-corrected chi connectivity index (χ0v) is 26.3. The number of fused-ring (bicyclic) bond motifs is 5. The number of aliphatic hydroxyl groups is 1. The molecular formula is C32H45ClO9. The Morgan fingerprint density at radius 1 is 1.12 bits per heavy atom. The maximum absolute atomic E-state index is 14.2. The standard InChI is InChI=1S/C32H45ClO9/c1-7-8-13-39-28(38)42-32(26(36)18-41-27(37)40-17-19(2)3)20(4)14-24-23-10-9-21-15-22(34)11-12-29(21,5)31(23,33)25(35)16-30(24,32)6/h11-12,15,19-20,23-25,35H,7-10,13-14,16-18H2,1-6H3/t20-,23+,24+,25?,29+,30+,31+,32+/m1/s1. The van der Waals surface area contributed by atoms with E-state index in [1.807, 2.05) is 47.6 Å². The van der Waals surface area contributed by atoms with Gasteiger partial charge in [0, 0.05) is 16.7 Å². The fourth-order valence-corrected chi connectivity index (χ4v) is 8.89. The van der Waals surface area contributed by atoms with Crippen LogP contribution in [0.25, 0.3) is 0 Å². The lowest BCUT2D eigenvalue weighted by molar-refractivity contribution is -0.185. The van der Waals surface area contributed by atoms with Gasteiger partial charge in [-0.2, -0.15) is 0 Å². The average Bonchev–Trinajstić information content (AvgIpc) is 3.14. The fourth-order valence-electron chi connectivity index (χ4n) is 8.37. The molecule has 42 heavy (non-hydrogen) atoms. The molecular weight excluding hydrogens is 564 g/mol. The lowest BCUT2D eigenvalue weighted by atomic mass is 9.45. The van der Waals surface area contributed by atoms with Crippen LogP contribution in [-0.2, 0) is 28.5 Å². The van der Waals surface area contributed by atoms with Gasteiger partial charge in [-0.05, 0) is 62.0 Å². The molecule has 10 heteroatoms. The Bertz CT molecular complexity index is 1160. The van der Waals surface area contributed by atoms with E-state index in [9.17, 15) is 24.3 Å². The summed E-state index contributed by atoms with van der Waals surface area (Å²) in [7, 11) is 0. The van der Waals surface area contributed by atoms with Crippen LogP contribution in [0.4, 0.5) is 9.59 Å². The highest BCUT2D eigenvalue weighted by Crippen LogP contribution is 2.72. The minimum atomic E-state index is -1.74. The lowest BCUT2D eigenvalue weighted by Crippen LogP contribution is -2.69. The van der Waals surface area contributed by atoms with Crippen LogP contribution in [0.3, 0.4) is 0 Å². The highest BCUT2D eigenvalue weighted by atomic mass is 35.5. The highest BCUT2D eigenvalue weighted by Gasteiger charge is 2.76. The maximum atomic E-state index is 14.2. The van der Waals surface area contributed by atoms with Crippen LogP contribution < -0.4 is 0 Å². The smallest absolute Gasteiger partial charge is 0.434 e. The molecule has 9 nitrogen and oxygen atoms in total. The summed E-state index contributed by atoms with van der Waals surface area (Å²) < 4.78 is 21.7. The third-order valence-corrected chi connectivity index (χ3v) is 11.3. The summed E-state index contributed by atoms with van der Waals surface area (Å²) in [4.78, 5) is 50.6. The van der Waals surface area contributed by atoms with Crippen LogP contribution in [0.1, 0.15) is 80.1 Å². The first-order chi connectivity index (χ1) is 19.7. The number of unbranched alkanes of at least 4 members (excludes halogenated alkanes) is 1. The van der Waals surface area contributed by atoms with Gasteiger partial charge in [0.05, 0.1) is 24.2 Å². The normalized spacial score (nSPS) is 38.6. The second-order valence-electron chi connectivity index (χ2n) is 13.4. The Morgan fingerprint density at radius 2 is 1.83 bits per heavy atom. The summed E-state index contributed by atoms with van der Waals surface area (Å²) in [5.74, 6) is -1.58. The van der Waals surface area contributed by atoms with Crippen LogP contribution in [0.2, 0.25) is 0 Å². The number of allylic oxidation sites excluding steroid dienone is 4. The minimum Gasteiger partial charge on any atom is -0.434 e. The number of carbonyl (C=O) groups excluding carboxylic acids is 4. The Kier molecular flexibility index (Phi) is 9.25. The molecule has 0 spiro atoms. The Labute approximate surface area is 253 Å². The molecule has 0 aromatic rings. The van der Waals surface area contributed by atoms with Gasteiger partial charge in [-0.1, -0.05) is 59.6 Å². The number of hydrogen-bond acceptors (Lipinski definition) is 9. The monoisotopic (exact) mass is 608 g/mol. The SMILES string of the molecule is CCCCOC(=O)O[C@]1(C(=O)COC(=O)OCC(C)C)[C@H](C)C[C@H]2[C@@H]3CCC4=CC(=O)C=C[C@]4(C)[C@@]3(Cl)C(O)C[C@@]21C. The Hall–Kier alpha value is -2.39. The molecule has 4 aliphatic rings. The molecule has 0 heterocycles. The highest BCUT2D eigenvalue weighted by molar-refractivity contribution is 6.26. The molecule has 4 rings (SSSR count). The second kappa shape index (κ2) is 11.9. The van der Waals surface area contributed by atoms with Gasteiger partial charge in [0.25, 0.3) is 0 Å². The molecule has 0 aromatic carbocycles. The van der Waals surface area contributed by atoms with Gasteiger partial charge in [-0.3, -0.25) is 9.59 Å². The van der Waals surface area contributed by atoms with Crippen LogP contribution >= 0.6 is 11.6 Å². The van der Waals surface area contributed by atoms with Gasteiger partial charge >= 0.3 is 12.3 Å². The predicted molar refractivity (Wildman–Crippen MR) is 155 cm³/mol. The number of aliphatic hydroxyl groups excluding tert-OH is 1. The second-order valence-corrected chi connectivity index (χ2v) is 14.0. The molecule has 0 bridgehead atoms. The zero-order chi connectivity index (χ0) is 31.1. The van der Waals surface area contributed by atoms with E-state index < -0.39 is 58.0 Å². The van der Waals surface area contributed by atoms with Gasteiger partial charge in [0.1, 0.15) is 0 Å². The molecule has 0 aliphatic heterocycles. The number of carbonyl (C=O) groups is 4. The first kappa shape index (κ1) is 32.5. The zero-order valence-electron chi connectivity index (χ0n) is 25.6. The van der Waals surface area contributed by atoms with E-state index in [2.05, 4.69) is 0 Å². The quantitative estimate of drug-likeness (QED) is 0.192. The van der Waals surface area contributed by atoms with E-state index in [1.165, 1.54) is 6.08 Å². The molecule has 0 saturated heterocycles.